The number of ether oxygens (including phenoxy) is 1. The molecule has 1 aliphatic heterocycles. The number of rotatable bonds is 3. The first kappa shape index (κ1) is 12.4. The van der Waals surface area contributed by atoms with E-state index in [1.807, 2.05) is 12.1 Å². The van der Waals surface area contributed by atoms with Gasteiger partial charge in [-0.2, -0.15) is 0 Å². The number of aromatic nitrogens is 1. The van der Waals surface area contributed by atoms with Crippen molar-refractivity contribution in [1.82, 2.24) is 10.3 Å². The van der Waals surface area contributed by atoms with Crippen LogP contribution in [0.5, 0.6) is 0 Å². The molecule has 0 saturated carbocycles. The summed E-state index contributed by atoms with van der Waals surface area (Å²) in [4.78, 5) is 16.0. The lowest BCUT2D eigenvalue weighted by Crippen LogP contribution is -2.21. The Kier molecular flexibility index (Phi) is 3.35. The minimum absolute atomic E-state index is 0.315. The molecule has 6 heteroatoms. The van der Waals surface area contributed by atoms with E-state index < -0.39 is 0 Å². The molecule has 1 aliphatic rings. The highest BCUT2D eigenvalue weighted by molar-refractivity contribution is 7.22. The largest absolute Gasteiger partial charge is 0.465 e. The monoisotopic (exact) mass is 277 g/mol. The van der Waals surface area contributed by atoms with Crippen LogP contribution in [0.3, 0.4) is 0 Å². The summed E-state index contributed by atoms with van der Waals surface area (Å²) in [7, 11) is 1.39. The standard InChI is InChI=1S/C13H15N3O2S/c1-18-12(17)8-2-3-10-11(6-8)19-13(16-10)15-9-4-5-14-7-9/h2-3,6,9,14H,4-5,7H2,1H3,(H,15,16). The van der Waals surface area contributed by atoms with Gasteiger partial charge >= 0.3 is 5.97 Å². The second kappa shape index (κ2) is 5.14. The second-order valence-corrected chi connectivity index (χ2v) is 5.56. The lowest BCUT2D eigenvalue weighted by atomic mass is 10.2. The third-order valence-corrected chi connectivity index (χ3v) is 4.15. The number of esters is 1. The zero-order valence-corrected chi connectivity index (χ0v) is 11.4. The highest BCUT2D eigenvalue weighted by Gasteiger charge is 2.16. The molecule has 1 aromatic carbocycles. The van der Waals surface area contributed by atoms with E-state index >= 15 is 0 Å². The van der Waals surface area contributed by atoms with Gasteiger partial charge in [0.25, 0.3) is 0 Å². The minimum atomic E-state index is -0.315. The summed E-state index contributed by atoms with van der Waals surface area (Å²) in [5.41, 5.74) is 1.47. The summed E-state index contributed by atoms with van der Waals surface area (Å²) in [5.74, 6) is -0.315. The summed E-state index contributed by atoms with van der Waals surface area (Å²) < 4.78 is 5.72. The van der Waals surface area contributed by atoms with E-state index in [1.165, 1.54) is 7.11 Å². The van der Waals surface area contributed by atoms with Gasteiger partial charge in [-0.25, -0.2) is 9.78 Å². The average molecular weight is 277 g/mol. The first-order valence-electron chi connectivity index (χ1n) is 6.22. The van der Waals surface area contributed by atoms with Crippen molar-refractivity contribution in [3.8, 4) is 0 Å². The molecule has 1 saturated heterocycles. The van der Waals surface area contributed by atoms with E-state index in [0.29, 0.717) is 11.6 Å². The molecule has 0 amide bonds. The quantitative estimate of drug-likeness (QED) is 0.838. The number of hydrogen-bond acceptors (Lipinski definition) is 6. The fraction of sp³-hybridized carbons (Fsp3) is 0.385. The Bertz CT molecular complexity index is 605. The smallest absolute Gasteiger partial charge is 0.337 e. The molecule has 0 radical (unpaired) electrons. The SMILES string of the molecule is COC(=O)c1ccc2nc(NC3CCNC3)sc2c1. The Balaban J connectivity index is 1.85. The number of carbonyl (C=O) groups excluding carboxylic acids is 1. The molecule has 1 atom stereocenters. The number of carbonyl (C=O) groups is 1. The molecule has 0 bridgehead atoms. The maximum atomic E-state index is 11.5. The van der Waals surface area contributed by atoms with Gasteiger partial charge in [0.1, 0.15) is 0 Å². The van der Waals surface area contributed by atoms with E-state index in [2.05, 4.69) is 15.6 Å². The number of thiazole rings is 1. The third-order valence-electron chi connectivity index (χ3n) is 3.20. The summed E-state index contributed by atoms with van der Waals surface area (Å²) >= 11 is 1.57. The molecule has 0 spiro atoms. The molecule has 2 N–H and O–H groups in total. The van der Waals surface area contributed by atoms with E-state index in [-0.39, 0.29) is 5.97 Å². The van der Waals surface area contributed by atoms with Crippen LogP contribution in [0.2, 0.25) is 0 Å². The van der Waals surface area contributed by atoms with Crippen molar-refractivity contribution in [3.63, 3.8) is 0 Å². The van der Waals surface area contributed by atoms with E-state index in [1.54, 1.807) is 17.4 Å². The van der Waals surface area contributed by atoms with Crippen LogP contribution in [0.15, 0.2) is 18.2 Å². The van der Waals surface area contributed by atoms with Crippen LogP contribution >= 0.6 is 11.3 Å². The maximum absolute atomic E-state index is 11.5. The molecular weight excluding hydrogens is 262 g/mol. The number of nitrogens with zero attached hydrogens (tertiary/aromatic N) is 1. The molecule has 5 nitrogen and oxygen atoms in total. The highest BCUT2D eigenvalue weighted by Crippen LogP contribution is 2.27. The fourth-order valence-electron chi connectivity index (χ4n) is 2.18. The highest BCUT2D eigenvalue weighted by atomic mass is 32.1. The van der Waals surface area contributed by atoms with Crippen LogP contribution in [0.4, 0.5) is 5.13 Å². The Hall–Kier alpha value is -1.66. The molecule has 1 fully saturated rings. The first-order chi connectivity index (χ1) is 9.26. The molecular formula is C13H15N3O2S. The van der Waals surface area contributed by atoms with Gasteiger partial charge in [0, 0.05) is 12.6 Å². The molecule has 1 aromatic heterocycles. The van der Waals surface area contributed by atoms with Crippen molar-refractivity contribution in [1.29, 1.82) is 0 Å². The fourth-order valence-corrected chi connectivity index (χ4v) is 3.17. The van der Waals surface area contributed by atoms with Gasteiger partial charge in [-0.15, -0.1) is 0 Å². The Labute approximate surface area is 115 Å². The molecule has 1 unspecified atom stereocenters. The predicted octanol–water partition coefficient (Wildman–Crippen LogP) is 1.86. The van der Waals surface area contributed by atoms with Crippen molar-refractivity contribution in [2.75, 3.05) is 25.5 Å². The third kappa shape index (κ3) is 2.54. The number of anilines is 1. The van der Waals surface area contributed by atoms with Crippen LogP contribution in [0.25, 0.3) is 10.2 Å². The Morgan fingerprint density at radius 1 is 1.58 bits per heavy atom. The molecule has 2 heterocycles. The number of fused-ring (bicyclic) bond motifs is 1. The zero-order valence-electron chi connectivity index (χ0n) is 10.6. The maximum Gasteiger partial charge on any atom is 0.337 e. The van der Waals surface area contributed by atoms with Crippen LogP contribution in [-0.4, -0.2) is 37.2 Å². The van der Waals surface area contributed by atoms with E-state index in [9.17, 15) is 4.79 Å². The van der Waals surface area contributed by atoms with Gasteiger partial charge in [-0.1, -0.05) is 11.3 Å². The van der Waals surface area contributed by atoms with Crippen LogP contribution < -0.4 is 10.6 Å². The molecule has 2 aromatic rings. The number of benzene rings is 1. The zero-order chi connectivity index (χ0) is 13.2. The second-order valence-electron chi connectivity index (χ2n) is 4.53. The Morgan fingerprint density at radius 2 is 2.47 bits per heavy atom. The minimum Gasteiger partial charge on any atom is -0.465 e. The van der Waals surface area contributed by atoms with Gasteiger partial charge in [-0.05, 0) is 31.2 Å². The molecule has 3 rings (SSSR count). The first-order valence-corrected chi connectivity index (χ1v) is 7.04. The van der Waals surface area contributed by atoms with Crippen molar-refractivity contribution in [2.45, 2.75) is 12.5 Å². The summed E-state index contributed by atoms with van der Waals surface area (Å²) in [6, 6.07) is 5.88. The lowest BCUT2D eigenvalue weighted by molar-refractivity contribution is 0.0601. The normalized spacial score (nSPS) is 18.7. The molecule has 100 valence electrons. The number of hydrogen-bond donors (Lipinski definition) is 2. The van der Waals surface area contributed by atoms with Crippen molar-refractivity contribution in [3.05, 3.63) is 23.8 Å². The van der Waals surface area contributed by atoms with Crippen molar-refractivity contribution in [2.24, 2.45) is 0 Å². The van der Waals surface area contributed by atoms with Crippen LogP contribution in [-0.2, 0) is 4.74 Å². The van der Waals surface area contributed by atoms with Crippen LogP contribution in [0.1, 0.15) is 16.8 Å². The Morgan fingerprint density at radius 3 is 3.21 bits per heavy atom. The summed E-state index contributed by atoms with van der Waals surface area (Å²) in [5, 5.41) is 7.64. The average Bonchev–Trinajstić information content (AvgIpc) is 3.05. The summed E-state index contributed by atoms with van der Waals surface area (Å²) in [6.07, 6.45) is 1.11. The lowest BCUT2D eigenvalue weighted by Gasteiger charge is -2.08. The van der Waals surface area contributed by atoms with E-state index in [4.69, 9.17) is 4.74 Å². The van der Waals surface area contributed by atoms with E-state index in [0.717, 1.165) is 34.9 Å². The number of nitrogens with one attached hydrogen (secondary N) is 2. The van der Waals surface area contributed by atoms with Gasteiger partial charge < -0.3 is 15.4 Å². The van der Waals surface area contributed by atoms with Crippen molar-refractivity contribution < 1.29 is 9.53 Å². The summed E-state index contributed by atoms with van der Waals surface area (Å²) in [6.45, 7) is 2.03. The predicted molar refractivity (Wildman–Crippen MR) is 75.9 cm³/mol. The van der Waals surface area contributed by atoms with Gasteiger partial charge in [0.15, 0.2) is 5.13 Å². The molecule has 0 aliphatic carbocycles. The van der Waals surface area contributed by atoms with Crippen molar-refractivity contribution >= 4 is 32.7 Å². The van der Waals surface area contributed by atoms with Gasteiger partial charge in [0.2, 0.25) is 0 Å². The van der Waals surface area contributed by atoms with Gasteiger partial charge in [-0.3, -0.25) is 0 Å². The van der Waals surface area contributed by atoms with Crippen LogP contribution in [0, 0.1) is 0 Å². The number of methoxy groups -OCH3 is 1. The topological polar surface area (TPSA) is 63.2 Å². The molecule has 19 heavy (non-hydrogen) atoms. The van der Waals surface area contributed by atoms with Gasteiger partial charge in [0.05, 0.1) is 22.9 Å².